The van der Waals surface area contributed by atoms with E-state index in [2.05, 4.69) is 0 Å². The summed E-state index contributed by atoms with van der Waals surface area (Å²) in [4.78, 5) is 0. The largest absolute Gasteiger partial charge is 0.496 e. The lowest BCUT2D eigenvalue weighted by Crippen LogP contribution is -2.41. The second kappa shape index (κ2) is 4.82. The maximum absolute atomic E-state index is 9.36. The van der Waals surface area contributed by atoms with Crippen molar-refractivity contribution in [1.29, 1.82) is 0 Å². The second-order valence-corrected chi connectivity index (χ2v) is 5.82. The van der Waals surface area contributed by atoms with E-state index in [9.17, 15) is 5.11 Å². The third kappa shape index (κ3) is 2.50. The van der Waals surface area contributed by atoms with Crippen molar-refractivity contribution in [1.82, 2.24) is 0 Å². The number of rotatable bonds is 3. The van der Waals surface area contributed by atoms with Gasteiger partial charge >= 0.3 is 7.12 Å². The first kappa shape index (κ1) is 14.4. The summed E-state index contributed by atoms with van der Waals surface area (Å²) >= 11 is 0. The molecule has 0 aromatic heterocycles. The highest BCUT2D eigenvalue weighted by Crippen LogP contribution is 2.36. The quantitative estimate of drug-likeness (QED) is 0.840. The first-order chi connectivity index (χ1) is 8.80. The van der Waals surface area contributed by atoms with E-state index in [1.165, 1.54) is 0 Å². The number of hydrogen-bond acceptors (Lipinski definition) is 4. The van der Waals surface area contributed by atoms with Crippen molar-refractivity contribution in [2.45, 2.75) is 45.5 Å². The molecule has 0 bridgehead atoms. The van der Waals surface area contributed by atoms with Crippen molar-refractivity contribution in [3.05, 3.63) is 23.8 Å². The van der Waals surface area contributed by atoms with Crippen molar-refractivity contribution in [3.63, 3.8) is 0 Å². The van der Waals surface area contributed by atoms with E-state index < -0.39 is 7.12 Å². The third-order valence-corrected chi connectivity index (χ3v) is 4.00. The summed E-state index contributed by atoms with van der Waals surface area (Å²) in [7, 11) is 1.17. The molecule has 0 saturated carbocycles. The van der Waals surface area contributed by atoms with Crippen molar-refractivity contribution in [2.24, 2.45) is 0 Å². The zero-order valence-corrected chi connectivity index (χ0v) is 12.2. The predicted octanol–water partition coefficient (Wildman–Crippen LogP) is 1.49. The van der Waals surface area contributed by atoms with Crippen molar-refractivity contribution >= 4 is 12.6 Å². The number of methoxy groups -OCH3 is 1. The SMILES string of the molecule is COc1ccc(B2OC(C)(C)C(C)(C)O2)cc1CO. The first-order valence-corrected chi connectivity index (χ1v) is 6.44. The summed E-state index contributed by atoms with van der Waals surface area (Å²) in [5, 5.41) is 9.36. The number of ether oxygens (including phenoxy) is 1. The van der Waals surface area contributed by atoms with Crippen LogP contribution in [0.4, 0.5) is 0 Å². The molecule has 1 fully saturated rings. The van der Waals surface area contributed by atoms with Crippen LogP contribution in [0.2, 0.25) is 0 Å². The van der Waals surface area contributed by atoms with Crippen LogP contribution in [0.25, 0.3) is 0 Å². The van der Waals surface area contributed by atoms with Crippen LogP contribution in [-0.4, -0.2) is 30.5 Å². The molecule has 0 aliphatic carbocycles. The number of benzene rings is 1. The molecule has 2 rings (SSSR count). The molecular weight excluding hydrogens is 243 g/mol. The van der Waals surface area contributed by atoms with Crippen LogP contribution in [0.15, 0.2) is 18.2 Å². The molecule has 1 aliphatic rings. The molecule has 19 heavy (non-hydrogen) atoms. The van der Waals surface area contributed by atoms with Crippen LogP contribution in [0.1, 0.15) is 33.3 Å². The lowest BCUT2D eigenvalue weighted by Gasteiger charge is -2.32. The molecule has 104 valence electrons. The van der Waals surface area contributed by atoms with E-state index in [1.807, 2.05) is 45.9 Å². The molecular formula is C14H21BO4. The van der Waals surface area contributed by atoms with Gasteiger partial charge in [-0.2, -0.15) is 0 Å². The minimum Gasteiger partial charge on any atom is -0.496 e. The van der Waals surface area contributed by atoms with Gasteiger partial charge in [0.1, 0.15) is 5.75 Å². The molecule has 5 heteroatoms. The Morgan fingerprint density at radius 2 is 1.74 bits per heavy atom. The van der Waals surface area contributed by atoms with Gasteiger partial charge in [-0.05, 0) is 39.2 Å². The fraction of sp³-hybridized carbons (Fsp3) is 0.571. The van der Waals surface area contributed by atoms with Crippen molar-refractivity contribution in [2.75, 3.05) is 7.11 Å². The molecule has 0 amide bonds. The summed E-state index contributed by atoms with van der Waals surface area (Å²) in [6.07, 6.45) is 0. The Labute approximate surface area is 114 Å². The zero-order chi connectivity index (χ0) is 14.3. The second-order valence-electron chi connectivity index (χ2n) is 5.82. The van der Waals surface area contributed by atoms with Crippen LogP contribution in [0.5, 0.6) is 5.75 Å². The lowest BCUT2D eigenvalue weighted by atomic mass is 9.78. The summed E-state index contributed by atoms with van der Waals surface area (Å²) < 4.78 is 17.2. The summed E-state index contributed by atoms with van der Waals surface area (Å²) in [6.45, 7) is 8.00. The standard InChI is InChI=1S/C14H21BO4/c1-13(2)14(3,4)19-15(18-13)11-6-7-12(17-5)10(8-11)9-16/h6-8,16H,9H2,1-5H3. The molecule has 1 aromatic carbocycles. The van der Waals surface area contributed by atoms with Crippen LogP contribution >= 0.6 is 0 Å². The Balaban J connectivity index is 2.30. The summed E-state index contributed by atoms with van der Waals surface area (Å²) in [6, 6.07) is 5.59. The summed E-state index contributed by atoms with van der Waals surface area (Å²) in [5.41, 5.74) is 0.895. The van der Waals surface area contributed by atoms with E-state index in [1.54, 1.807) is 7.11 Å². The van der Waals surface area contributed by atoms with Crippen LogP contribution < -0.4 is 10.2 Å². The minimum absolute atomic E-state index is 0.0729. The Morgan fingerprint density at radius 3 is 2.21 bits per heavy atom. The first-order valence-electron chi connectivity index (χ1n) is 6.44. The van der Waals surface area contributed by atoms with Gasteiger partial charge in [0.2, 0.25) is 0 Å². The molecule has 1 aromatic rings. The minimum atomic E-state index is -0.416. The lowest BCUT2D eigenvalue weighted by molar-refractivity contribution is 0.00578. The van der Waals surface area contributed by atoms with Gasteiger partial charge in [0, 0.05) is 5.56 Å². The summed E-state index contributed by atoms with van der Waals surface area (Å²) in [5.74, 6) is 0.669. The van der Waals surface area contributed by atoms with E-state index in [0.29, 0.717) is 5.75 Å². The van der Waals surface area contributed by atoms with Gasteiger partial charge in [-0.3, -0.25) is 0 Å². The van der Waals surface area contributed by atoms with Crippen molar-refractivity contribution < 1.29 is 19.2 Å². The monoisotopic (exact) mass is 264 g/mol. The molecule has 0 radical (unpaired) electrons. The molecule has 1 heterocycles. The van der Waals surface area contributed by atoms with Gasteiger partial charge in [0.15, 0.2) is 0 Å². The average molecular weight is 264 g/mol. The molecule has 0 atom stereocenters. The van der Waals surface area contributed by atoms with Gasteiger partial charge in [-0.1, -0.05) is 12.1 Å². The van der Waals surface area contributed by atoms with Gasteiger partial charge in [-0.25, -0.2) is 0 Å². The molecule has 0 unspecified atom stereocenters. The van der Waals surface area contributed by atoms with Crippen LogP contribution in [0.3, 0.4) is 0 Å². The fourth-order valence-corrected chi connectivity index (χ4v) is 2.05. The molecule has 4 nitrogen and oxygen atoms in total. The van der Waals surface area contributed by atoms with Gasteiger partial charge in [0.25, 0.3) is 0 Å². The molecule has 1 N–H and O–H groups in total. The Hall–Kier alpha value is -1.04. The normalized spacial score (nSPS) is 20.6. The fourth-order valence-electron chi connectivity index (χ4n) is 2.05. The third-order valence-electron chi connectivity index (χ3n) is 4.00. The highest BCUT2D eigenvalue weighted by Gasteiger charge is 2.51. The van der Waals surface area contributed by atoms with E-state index in [-0.39, 0.29) is 17.8 Å². The highest BCUT2D eigenvalue weighted by molar-refractivity contribution is 6.62. The van der Waals surface area contributed by atoms with Gasteiger partial charge < -0.3 is 19.2 Å². The Bertz CT molecular complexity index is 455. The Morgan fingerprint density at radius 1 is 1.16 bits per heavy atom. The van der Waals surface area contributed by atoms with Gasteiger partial charge in [-0.15, -0.1) is 0 Å². The smallest absolute Gasteiger partial charge is 0.494 e. The maximum Gasteiger partial charge on any atom is 0.494 e. The van der Waals surface area contributed by atoms with Crippen LogP contribution in [0, 0.1) is 0 Å². The molecule has 1 aliphatic heterocycles. The van der Waals surface area contributed by atoms with Crippen molar-refractivity contribution in [3.8, 4) is 5.75 Å². The molecule has 0 spiro atoms. The van der Waals surface area contributed by atoms with Crippen LogP contribution in [-0.2, 0) is 15.9 Å². The Kier molecular flexibility index (Phi) is 3.64. The van der Waals surface area contributed by atoms with E-state index in [0.717, 1.165) is 11.0 Å². The average Bonchev–Trinajstić information content (AvgIpc) is 2.57. The van der Waals surface area contributed by atoms with E-state index in [4.69, 9.17) is 14.0 Å². The number of hydrogen-bond donors (Lipinski definition) is 1. The number of aliphatic hydroxyl groups excluding tert-OH is 1. The maximum atomic E-state index is 9.36. The van der Waals surface area contributed by atoms with E-state index >= 15 is 0 Å². The predicted molar refractivity (Wildman–Crippen MR) is 74.6 cm³/mol. The molecule has 1 saturated heterocycles. The highest BCUT2D eigenvalue weighted by atomic mass is 16.7. The van der Waals surface area contributed by atoms with Gasteiger partial charge in [0.05, 0.1) is 24.9 Å². The number of aliphatic hydroxyl groups is 1. The zero-order valence-electron chi connectivity index (χ0n) is 12.2. The topological polar surface area (TPSA) is 47.9 Å².